The fourth-order valence-electron chi connectivity index (χ4n) is 0.975. The molecule has 0 aliphatic carbocycles. The van der Waals surface area contributed by atoms with Gasteiger partial charge in [0, 0.05) is 0 Å². The fourth-order valence-corrected chi connectivity index (χ4v) is 2.00. The van der Waals surface area contributed by atoms with Gasteiger partial charge in [-0.25, -0.2) is 0 Å². The molecule has 0 heterocycles. The standard InChI is InChI=1S/C10H12O.5CO.W/c1-2-11-9-8-10-6-4-3-5-7-10;5*1-2;/h3-7H,2,8H2,1H3;;;;;;. The molecule has 0 aliphatic heterocycles. The van der Waals surface area contributed by atoms with Crippen LogP contribution in [0.4, 0.5) is 0 Å². The molecule has 0 spiro atoms. The van der Waals surface area contributed by atoms with Gasteiger partial charge in [-0.1, -0.05) is 0 Å². The van der Waals surface area contributed by atoms with Crippen molar-refractivity contribution in [2.75, 3.05) is 6.61 Å². The van der Waals surface area contributed by atoms with E-state index in [0.29, 0.717) is 0 Å². The van der Waals surface area contributed by atoms with E-state index in [1.165, 1.54) is 29.0 Å². The molecule has 0 amide bonds. The summed E-state index contributed by atoms with van der Waals surface area (Å²) in [4.78, 5) is 0. The number of benzene rings is 1. The van der Waals surface area contributed by atoms with Crippen molar-refractivity contribution in [2.24, 2.45) is 0 Å². The Labute approximate surface area is 140 Å². The molecular weight excluding hydrogens is 460 g/mol. The summed E-state index contributed by atoms with van der Waals surface area (Å²) in [6.07, 6.45) is 0.962. The molecule has 0 saturated carbocycles. The molecule has 0 saturated heterocycles. The summed E-state index contributed by atoms with van der Waals surface area (Å²) in [5.41, 5.74) is 1.33. The Morgan fingerprint density at radius 3 is 1.55 bits per heavy atom. The summed E-state index contributed by atoms with van der Waals surface area (Å²) in [5.74, 6) is 0. The Hall–Kier alpha value is -1.56. The van der Waals surface area contributed by atoms with Crippen LogP contribution in [-0.2, 0) is 53.8 Å². The van der Waals surface area contributed by atoms with Gasteiger partial charge in [0.05, 0.1) is 0 Å². The number of ether oxygens (including phenoxy) is 1. The van der Waals surface area contributed by atoms with E-state index in [1.807, 2.05) is 13.0 Å². The Bertz CT molecular complexity index is 396. The molecule has 1 aromatic rings. The second kappa shape index (κ2) is 42.7. The molecule has 6 nitrogen and oxygen atoms in total. The first kappa shape index (κ1) is 32.4. The molecule has 7 heteroatoms. The van der Waals surface area contributed by atoms with Gasteiger partial charge in [0.25, 0.3) is 0 Å². The molecule has 0 aliphatic rings. The fraction of sp³-hybridized carbons (Fsp3) is 0.200. The van der Waals surface area contributed by atoms with Crippen molar-refractivity contribution >= 4 is 4.08 Å². The molecule has 0 atom stereocenters. The van der Waals surface area contributed by atoms with Gasteiger partial charge in [0.1, 0.15) is 0 Å². The van der Waals surface area contributed by atoms with Crippen molar-refractivity contribution < 1.29 is 47.4 Å². The zero-order chi connectivity index (χ0) is 18.8. The van der Waals surface area contributed by atoms with Crippen LogP contribution in [0.5, 0.6) is 0 Å². The Morgan fingerprint density at radius 1 is 0.864 bits per heavy atom. The van der Waals surface area contributed by atoms with Gasteiger partial charge in [-0.2, -0.15) is 0 Å². The van der Waals surface area contributed by atoms with E-state index < -0.39 is 0 Å². The molecule has 0 unspecified atom stereocenters. The van der Waals surface area contributed by atoms with Crippen LogP contribution in [0, 0.1) is 33.3 Å². The van der Waals surface area contributed by atoms with E-state index in [1.54, 1.807) is 0 Å². The van der Waals surface area contributed by atoms with Crippen LogP contribution < -0.4 is 0 Å². The van der Waals surface area contributed by atoms with Gasteiger partial charge in [0.2, 0.25) is 0 Å². The summed E-state index contributed by atoms with van der Waals surface area (Å²) in [6.45, 7) is 25.3. The van der Waals surface area contributed by atoms with Crippen LogP contribution in [0.3, 0.4) is 0 Å². The van der Waals surface area contributed by atoms with Crippen molar-refractivity contribution in [1.82, 2.24) is 0 Å². The van der Waals surface area contributed by atoms with Crippen molar-refractivity contribution in [3.05, 3.63) is 69.1 Å². The topological polar surface area (TPSA) is 109 Å². The van der Waals surface area contributed by atoms with E-state index in [4.69, 9.17) is 28.0 Å². The third kappa shape index (κ3) is 31.0. The molecule has 1 rings (SSSR count). The monoisotopic (exact) mass is 472 g/mol. The minimum atomic E-state index is 0.783. The summed E-state index contributed by atoms with van der Waals surface area (Å²) in [5, 5.41) is 0. The zero-order valence-corrected chi connectivity index (χ0v) is 14.6. The maximum absolute atomic E-state index is 7.50. The SMILES string of the molecule is CCO[C](=[W])Cc1ccccc1.[C-]#[O+].[C-]#[O+].[C-]#[O+].[C-]#[O+].[C-]#[O+]. The predicted octanol–water partition coefficient (Wildman–Crippen LogP) is 1.75. The van der Waals surface area contributed by atoms with Crippen LogP contribution in [0.2, 0.25) is 0 Å². The third-order valence-corrected chi connectivity index (χ3v) is 2.44. The average Bonchev–Trinajstić information content (AvgIpc) is 2.65. The Morgan fingerprint density at radius 2 is 1.23 bits per heavy atom. The molecule has 0 aromatic heterocycles. The van der Waals surface area contributed by atoms with Gasteiger partial charge in [-0.15, -0.1) is 0 Å². The Kier molecular flexibility index (Phi) is 62.9. The Balaban J connectivity index is -0.0000000822. The molecule has 0 N–H and O–H groups in total. The minimum absolute atomic E-state index is 0.783. The van der Waals surface area contributed by atoms with E-state index in [2.05, 4.69) is 57.5 Å². The molecule has 114 valence electrons. The summed E-state index contributed by atoms with van der Waals surface area (Å²) in [6, 6.07) is 10.4. The number of hydrogen-bond acceptors (Lipinski definition) is 1. The molecule has 0 radical (unpaired) electrons. The van der Waals surface area contributed by atoms with Crippen LogP contribution in [0.1, 0.15) is 12.5 Å². The van der Waals surface area contributed by atoms with Gasteiger partial charge in [-0.05, 0) is 0 Å². The normalized spacial score (nSPS) is 5.77. The first-order chi connectivity index (χ1) is 10.8. The van der Waals surface area contributed by atoms with E-state index in [9.17, 15) is 0 Å². The molecule has 0 bridgehead atoms. The van der Waals surface area contributed by atoms with Crippen LogP contribution >= 0.6 is 0 Å². The van der Waals surface area contributed by atoms with E-state index in [-0.39, 0.29) is 0 Å². The van der Waals surface area contributed by atoms with E-state index >= 15 is 0 Å². The van der Waals surface area contributed by atoms with Gasteiger partial charge < -0.3 is 0 Å². The quantitative estimate of drug-likeness (QED) is 0.483. The number of rotatable bonds is 4. The van der Waals surface area contributed by atoms with Crippen molar-refractivity contribution in [3.8, 4) is 0 Å². The van der Waals surface area contributed by atoms with E-state index in [0.717, 1.165) is 13.0 Å². The summed E-state index contributed by atoms with van der Waals surface area (Å²) >= 11 is 1.43. The third-order valence-electron chi connectivity index (χ3n) is 1.50. The van der Waals surface area contributed by atoms with Gasteiger partial charge in [0.15, 0.2) is 0 Å². The maximum atomic E-state index is 7.50. The summed E-state index contributed by atoms with van der Waals surface area (Å²) < 4.78 is 44.1. The zero-order valence-electron chi connectivity index (χ0n) is 11.7. The van der Waals surface area contributed by atoms with Crippen LogP contribution in [-0.4, -0.2) is 10.7 Å². The van der Waals surface area contributed by atoms with Gasteiger partial charge >= 0.3 is 141 Å². The predicted molar refractivity (Wildman–Crippen MR) is 66.4 cm³/mol. The average molecular weight is 472 g/mol. The first-order valence-electron chi connectivity index (χ1n) is 5.04. The molecular formula is C15H12O6W. The molecule has 22 heavy (non-hydrogen) atoms. The summed E-state index contributed by atoms with van der Waals surface area (Å²) in [7, 11) is 0. The van der Waals surface area contributed by atoms with Crippen molar-refractivity contribution in [3.63, 3.8) is 0 Å². The van der Waals surface area contributed by atoms with Gasteiger partial charge in [-0.3, -0.25) is 0 Å². The second-order valence-corrected chi connectivity index (χ2v) is 4.10. The molecule has 0 fully saturated rings. The van der Waals surface area contributed by atoms with Crippen molar-refractivity contribution in [1.29, 1.82) is 0 Å². The van der Waals surface area contributed by atoms with Crippen LogP contribution in [0.15, 0.2) is 30.3 Å². The van der Waals surface area contributed by atoms with Crippen molar-refractivity contribution in [2.45, 2.75) is 13.3 Å². The number of hydrogen-bond donors (Lipinski definition) is 0. The second-order valence-electron chi connectivity index (χ2n) is 2.47. The molecule has 1 aromatic carbocycles. The first-order valence-corrected chi connectivity index (χ1v) is 6.51. The van der Waals surface area contributed by atoms with Crippen LogP contribution in [0.25, 0.3) is 0 Å².